The lowest BCUT2D eigenvalue weighted by Gasteiger charge is -2.05. The summed E-state index contributed by atoms with van der Waals surface area (Å²) >= 11 is 0. The molecule has 0 atom stereocenters. The topological polar surface area (TPSA) is 26.0 Å². The largest absolute Gasteiger partial charge is 0.399 e. The van der Waals surface area contributed by atoms with Gasteiger partial charge in [0, 0.05) is 5.69 Å². The monoisotopic (exact) mass is 197 g/mol. The molecule has 0 aliphatic heterocycles. The molecule has 0 spiro atoms. The first-order valence-corrected chi connectivity index (χ1v) is 5.09. The molecule has 0 aromatic heterocycles. The zero-order valence-electron chi connectivity index (χ0n) is 9.12. The van der Waals surface area contributed by atoms with Crippen LogP contribution < -0.4 is 5.73 Å². The van der Waals surface area contributed by atoms with E-state index in [1.165, 1.54) is 22.3 Å². The van der Waals surface area contributed by atoms with Gasteiger partial charge in [0.05, 0.1) is 0 Å². The summed E-state index contributed by atoms with van der Waals surface area (Å²) in [7, 11) is 0. The minimum Gasteiger partial charge on any atom is -0.399 e. The highest BCUT2D eigenvalue weighted by molar-refractivity contribution is 5.68. The predicted molar refractivity (Wildman–Crippen MR) is 65.8 cm³/mol. The van der Waals surface area contributed by atoms with Crippen molar-refractivity contribution in [2.45, 2.75) is 13.8 Å². The SMILES string of the molecule is Cc1cc(C)cc(-c2cccc(N)c2)c1. The molecule has 2 rings (SSSR count). The molecule has 0 heterocycles. The van der Waals surface area contributed by atoms with Gasteiger partial charge in [-0.2, -0.15) is 0 Å². The molecule has 0 aliphatic carbocycles. The quantitative estimate of drug-likeness (QED) is 0.695. The third-order valence-electron chi connectivity index (χ3n) is 2.44. The summed E-state index contributed by atoms with van der Waals surface area (Å²) in [6.45, 7) is 4.23. The van der Waals surface area contributed by atoms with Crippen LogP contribution in [0.4, 0.5) is 5.69 Å². The number of hydrogen-bond donors (Lipinski definition) is 1. The Hall–Kier alpha value is -1.76. The van der Waals surface area contributed by atoms with Crippen molar-refractivity contribution in [2.24, 2.45) is 0 Å². The summed E-state index contributed by atoms with van der Waals surface area (Å²) in [4.78, 5) is 0. The molecule has 0 amide bonds. The Morgan fingerprint density at radius 2 is 1.47 bits per heavy atom. The van der Waals surface area contributed by atoms with E-state index in [1.54, 1.807) is 0 Å². The van der Waals surface area contributed by atoms with Crippen molar-refractivity contribution in [3.63, 3.8) is 0 Å². The number of benzene rings is 2. The van der Waals surface area contributed by atoms with E-state index in [2.05, 4.69) is 38.1 Å². The third kappa shape index (κ3) is 2.18. The average Bonchev–Trinajstić information content (AvgIpc) is 2.16. The third-order valence-corrected chi connectivity index (χ3v) is 2.44. The van der Waals surface area contributed by atoms with E-state index in [0.717, 1.165) is 5.69 Å². The number of rotatable bonds is 1. The molecule has 0 unspecified atom stereocenters. The number of aryl methyl sites for hydroxylation is 2. The fourth-order valence-electron chi connectivity index (χ4n) is 1.86. The van der Waals surface area contributed by atoms with Crippen LogP contribution in [0.5, 0.6) is 0 Å². The van der Waals surface area contributed by atoms with Crippen molar-refractivity contribution in [3.05, 3.63) is 53.6 Å². The fraction of sp³-hybridized carbons (Fsp3) is 0.143. The van der Waals surface area contributed by atoms with Gasteiger partial charge in [-0.1, -0.05) is 41.5 Å². The van der Waals surface area contributed by atoms with Crippen molar-refractivity contribution >= 4 is 5.69 Å². The molecular weight excluding hydrogens is 182 g/mol. The first-order valence-electron chi connectivity index (χ1n) is 5.09. The Balaban J connectivity index is 2.54. The Kier molecular flexibility index (Phi) is 2.46. The van der Waals surface area contributed by atoms with E-state index in [1.807, 2.05) is 18.2 Å². The normalized spacial score (nSPS) is 10.3. The van der Waals surface area contributed by atoms with Crippen molar-refractivity contribution in [1.82, 2.24) is 0 Å². The predicted octanol–water partition coefficient (Wildman–Crippen LogP) is 3.55. The maximum Gasteiger partial charge on any atom is 0.0320 e. The van der Waals surface area contributed by atoms with Crippen molar-refractivity contribution in [3.8, 4) is 11.1 Å². The molecule has 1 heteroatoms. The van der Waals surface area contributed by atoms with Gasteiger partial charge < -0.3 is 5.73 Å². The molecule has 0 fully saturated rings. The van der Waals surface area contributed by atoms with Gasteiger partial charge >= 0.3 is 0 Å². The van der Waals surface area contributed by atoms with Crippen LogP contribution in [0.2, 0.25) is 0 Å². The fourth-order valence-corrected chi connectivity index (χ4v) is 1.86. The van der Waals surface area contributed by atoms with Gasteiger partial charge in [-0.25, -0.2) is 0 Å². The summed E-state index contributed by atoms with van der Waals surface area (Å²) in [6, 6.07) is 14.5. The summed E-state index contributed by atoms with van der Waals surface area (Å²) < 4.78 is 0. The molecule has 2 N–H and O–H groups in total. The minimum absolute atomic E-state index is 0.812. The van der Waals surface area contributed by atoms with E-state index in [4.69, 9.17) is 5.73 Å². The van der Waals surface area contributed by atoms with E-state index >= 15 is 0 Å². The van der Waals surface area contributed by atoms with Gasteiger partial charge in [0.1, 0.15) is 0 Å². The van der Waals surface area contributed by atoms with Crippen LogP contribution in [0.15, 0.2) is 42.5 Å². The molecule has 0 radical (unpaired) electrons. The maximum absolute atomic E-state index is 5.77. The zero-order chi connectivity index (χ0) is 10.8. The van der Waals surface area contributed by atoms with Crippen molar-refractivity contribution < 1.29 is 0 Å². The standard InChI is InChI=1S/C14H15N/c1-10-6-11(2)8-13(7-10)12-4-3-5-14(15)9-12/h3-9H,15H2,1-2H3. The van der Waals surface area contributed by atoms with Crippen LogP contribution >= 0.6 is 0 Å². The smallest absolute Gasteiger partial charge is 0.0320 e. The molecule has 0 saturated heterocycles. The maximum atomic E-state index is 5.77. The lowest BCUT2D eigenvalue weighted by molar-refractivity contribution is 1.38. The van der Waals surface area contributed by atoms with Gasteiger partial charge in [0.2, 0.25) is 0 Å². The lowest BCUT2D eigenvalue weighted by atomic mass is 10.0. The summed E-state index contributed by atoms with van der Waals surface area (Å²) in [5.74, 6) is 0. The molecule has 0 bridgehead atoms. The summed E-state index contributed by atoms with van der Waals surface area (Å²) in [5.41, 5.74) is 11.6. The van der Waals surface area contributed by atoms with E-state index in [9.17, 15) is 0 Å². The molecule has 76 valence electrons. The first-order chi connectivity index (χ1) is 7.15. The highest BCUT2D eigenvalue weighted by atomic mass is 14.5. The van der Waals surface area contributed by atoms with Gasteiger partial charge in [0.25, 0.3) is 0 Å². The van der Waals surface area contributed by atoms with E-state index < -0.39 is 0 Å². The summed E-state index contributed by atoms with van der Waals surface area (Å²) in [6.07, 6.45) is 0. The molecule has 0 saturated carbocycles. The number of nitrogens with two attached hydrogens (primary N) is 1. The molecular formula is C14H15N. The van der Waals surface area contributed by atoms with Crippen molar-refractivity contribution in [2.75, 3.05) is 5.73 Å². The van der Waals surface area contributed by atoms with Gasteiger partial charge in [0.15, 0.2) is 0 Å². The first kappa shape index (κ1) is 9.78. The van der Waals surface area contributed by atoms with Crippen LogP contribution in [-0.4, -0.2) is 0 Å². The second-order valence-corrected chi connectivity index (χ2v) is 4.00. The van der Waals surface area contributed by atoms with Crippen LogP contribution in [0, 0.1) is 13.8 Å². The highest BCUT2D eigenvalue weighted by Crippen LogP contribution is 2.23. The Morgan fingerprint density at radius 3 is 2.07 bits per heavy atom. The number of hydrogen-bond acceptors (Lipinski definition) is 1. The van der Waals surface area contributed by atoms with Gasteiger partial charge in [-0.15, -0.1) is 0 Å². The Bertz CT molecular complexity index is 466. The molecule has 15 heavy (non-hydrogen) atoms. The molecule has 0 aliphatic rings. The Morgan fingerprint density at radius 1 is 0.800 bits per heavy atom. The van der Waals surface area contributed by atoms with Gasteiger partial charge in [-0.05, 0) is 37.1 Å². The van der Waals surface area contributed by atoms with Gasteiger partial charge in [-0.3, -0.25) is 0 Å². The van der Waals surface area contributed by atoms with Crippen LogP contribution in [0.1, 0.15) is 11.1 Å². The zero-order valence-corrected chi connectivity index (χ0v) is 9.12. The number of anilines is 1. The molecule has 2 aromatic carbocycles. The van der Waals surface area contributed by atoms with Crippen LogP contribution in [-0.2, 0) is 0 Å². The minimum atomic E-state index is 0.812. The second kappa shape index (κ2) is 3.77. The van der Waals surface area contributed by atoms with E-state index in [-0.39, 0.29) is 0 Å². The molecule has 1 nitrogen and oxygen atoms in total. The van der Waals surface area contributed by atoms with Crippen molar-refractivity contribution in [1.29, 1.82) is 0 Å². The lowest BCUT2D eigenvalue weighted by Crippen LogP contribution is -1.86. The molecule has 2 aromatic rings. The van der Waals surface area contributed by atoms with Crippen LogP contribution in [0.25, 0.3) is 11.1 Å². The average molecular weight is 197 g/mol. The van der Waals surface area contributed by atoms with E-state index in [0.29, 0.717) is 0 Å². The highest BCUT2D eigenvalue weighted by Gasteiger charge is 1.99. The number of nitrogen functional groups attached to an aromatic ring is 1. The van der Waals surface area contributed by atoms with Crippen LogP contribution in [0.3, 0.4) is 0 Å². The Labute approximate surface area is 90.6 Å². The summed E-state index contributed by atoms with van der Waals surface area (Å²) in [5, 5.41) is 0. The second-order valence-electron chi connectivity index (χ2n) is 4.00.